The summed E-state index contributed by atoms with van der Waals surface area (Å²) in [6.07, 6.45) is 8.70. The molecule has 3 aromatic heterocycles. The van der Waals surface area contributed by atoms with Crippen molar-refractivity contribution in [3.05, 3.63) is 30.1 Å². The van der Waals surface area contributed by atoms with Gasteiger partial charge in [0, 0.05) is 37.2 Å². The Hall–Kier alpha value is -2.48. The molecule has 0 bridgehead atoms. The van der Waals surface area contributed by atoms with Crippen LogP contribution in [0.1, 0.15) is 42.4 Å². The summed E-state index contributed by atoms with van der Waals surface area (Å²) < 4.78 is 3.98. The van der Waals surface area contributed by atoms with Gasteiger partial charge in [-0.05, 0) is 24.8 Å². The molecule has 3 aromatic rings. The number of fused-ring (bicyclic) bond motifs is 2. The SMILES string of the molecule is Cn1ncc2c1[C@@H](CO)C[C@H]2Cn1cnc2c(NC3CC3)ncnc21. The molecule has 8 heteroatoms. The van der Waals surface area contributed by atoms with Gasteiger partial charge in [0.05, 0.1) is 19.1 Å². The second-order valence-electron chi connectivity index (χ2n) is 7.13. The molecule has 0 unspecified atom stereocenters. The number of aliphatic hydroxyl groups is 1. The number of aromatic nitrogens is 6. The fourth-order valence-electron chi connectivity index (χ4n) is 3.97. The third-order valence-electron chi connectivity index (χ3n) is 5.37. The van der Waals surface area contributed by atoms with Crippen LogP contribution in [-0.2, 0) is 13.6 Å². The zero-order valence-electron chi connectivity index (χ0n) is 14.1. The van der Waals surface area contributed by atoms with Gasteiger partial charge in [-0.3, -0.25) is 4.68 Å². The number of aryl methyl sites for hydroxylation is 1. The van der Waals surface area contributed by atoms with Crippen LogP contribution in [0.3, 0.4) is 0 Å². The molecular formula is C17H21N7O. The van der Waals surface area contributed by atoms with Crippen molar-refractivity contribution in [1.29, 1.82) is 0 Å². The van der Waals surface area contributed by atoms with Crippen LogP contribution in [-0.4, -0.2) is 47.1 Å². The number of nitrogens with zero attached hydrogens (tertiary/aromatic N) is 6. The lowest BCUT2D eigenvalue weighted by Gasteiger charge is -2.13. The molecule has 1 fully saturated rings. The summed E-state index contributed by atoms with van der Waals surface area (Å²) in [6.45, 7) is 0.941. The highest BCUT2D eigenvalue weighted by Gasteiger charge is 2.34. The Labute approximate surface area is 144 Å². The van der Waals surface area contributed by atoms with Gasteiger partial charge in [-0.2, -0.15) is 5.10 Å². The molecule has 0 amide bonds. The van der Waals surface area contributed by atoms with Gasteiger partial charge in [-0.15, -0.1) is 0 Å². The van der Waals surface area contributed by atoms with Crippen LogP contribution >= 0.6 is 0 Å². The number of hydrogen-bond donors (Lipinski definition) is 2. The Kier molecular flexibility index (Phi) is 3.27. The van der Waals surface area contributed by atoms with Crippen molar-refractivity contribution in [2.75, 3.05) is 11.9 Å². The van der Waals surface area contributed by atoms with Gasteiger partial charge in [0.2, 0.25) is 0 Å². The Morgan fingerprint density at radius 2 is 2.12 bits per heavy atom. The Balaban J connectivity index is 1.46. The Morgan fingerprint density at radius 3 is 2.92 bits per heavy atom. The summed E-state index contributed by atoms with van der Waals surface area (Å²) in [4.78, 5) is 13.4. The van der Waals surface area contributed by atoms with E-state index in [2.05, 4.69) is 29.9 Å². The van der Waals surface area contributed by atoms with Crippen LogP contribution in [0.2, 0.25) is 0 Å². The van der Waals surface area contributed by atoms with E-state index in [4.69, 9.17) is 0 Å². The summed E-state index contributed by atoms with van der Waals surface area (Å²) in [6, 6.07) is 0.529. The van der Waals surface area contributed by atoms with Gasteiger partial charge >= 0.3 is 0 Å². The van der Waals surface area contributed by atoms with Crippen LogP contribution in [0.25, 0.3) is 11.2 Å². The highest BCUT2D eigenvalue weighted by Crippen LogP contribution is 2.42. The van der Waals surface area contributed by atoms with E-state index in [1.54, 1.807) is 6.33 Å². The van der Waals surface area contributed by atoms with Gasteiger partial charge in [-0.1, -0.05) is 0 Å². The minimum absolute atomic E-state index is 0.156. The largest absolute Gasteiger partial charge is 0.396 e. The average Bonchev–Trinajstić information content (AvgIpc) is 3.06. The summed E-state index contributed by atoms with van der Waals surface area (Å²) in [5.41, 5.74) is 4.07. The Morgan fingerprint density at radius 1 is 1.24 bits per heavy atom. The summed E-state index contributed by atoms with van der Waals surface area (Å²) in [7, 11) is 1.94. The molecule has 2 aliphatic rings. The molecule has 0 spiro atoms. The first-order chi connectivity index (χ1) is 12.2. The van der Waals surface area contributed by atoms with E-state index in [1.807, 2.05) is 24.3 Å². The molecule has 5 rings (SSSR count). The fraction of sp³-hybridized carbons (Fsp3) is 0.529. The van der Waals surface area contributed by atoms with Crippen LogP contribution < -0.4 is 5.32 Å². The van der Waals surface area contributed by atoms with Crippen molar-refractivity contribution in [3.63, 3.8) is 0 Å². The number of hydrogen-bond acceptors (Lipinski definition) is 6. The first-order valence-corrected chi connectivity index (χ1v) is 8.79. The van der Waals surface area contributed by atoms with E-state index in [9.17, 15) is 5.11 Å². The maximum Gasteiger partial charge on any atom is 0.165 e. The van der Waals surface area contributed by atoms with Gasteiger partial charge < -0.3 is 15.0 Å². The lowest BCUT2D eigenvalue weighted by molar-refractivity contribution is 0.255. The molecule has 2 N–H and O–H groups in total. The molecule has 0 aliphatic heterocycles. The van der Waals surface area contributed by atoms with Crippen molar-refractivity contribution in [2.24, 2.45) is 7.05 Å². The average molecular weight is 339 g/mol. The molecule has 130 valence electrons. The van der Waals surface area contributed by atoms with Crippen LogP contribution in [0.5, 0.6) is 0 Å². The standard InChI is InChI=1S/C17H21N7O/c1-23-15-11(7-25)4-10(13(15)5-21-23)6-24-9-20-14-16(22-12-2-3-12)18-8-19-17(14)24/h5,8-12,25H,2-4,6-7H2,1H3,(H,18,19,22)/t10-,11+/m0/s1. The van der Waals surface area contributed by atoms with Crippen molar-refractivity contribution < 1.29 is 5.11 Å². The maximum atomic E-state index is 9.71. The molecule has 8 nitrogen and oxygen atoms in total. The van der Waals surface area contributed by atoms with Crippen LogP contribution in [0.4, 0.5) is 5.82 Å². The molecule has 2 atom stereocenters. The number of nitrogens with one attached hydrogen (secondary N) is 1. The number of aliphatic hydroxyl groups excluding tert-OH is 1. The van der Waals surface area contributed by atoms with Gasteiger partial charge in [0.1, 0.15) is 11.8 Å². The molecule has 0 radical (unpaired) electrons. The molecule has 0 aromatic carbocycles. The van der Waals surface area contributed by atoms with Gasteiger partial charge in [-0.25, -0.2) is 15.0 Å². The monoisotopic (exact) mass is 339 g/mol. The first kappa shape index (κ1) is 14.8. The van der Waals surface area contributed by atoms with Crippen molar-refractivity contribution in [3.8, 4) is 0 Å². The summed E-state index contributed by atoms with van der Waals surface area (Å²) >= 11 is 0. The van der Waals surface area contributed by atoms with Crippen LogP contribution in [0.15, 0.2) is 18.9 Å². The zero-order chi connectivity index (χ0) is 17.0. The predicted molar refractivity (Wildman–Crippen MR) is 92.4 cm³/mol. The predicted octanol–water partition coefficient (Wildman–Crippen LogP) is 1.40. The second-order valence-corrected chi connectivity index (χ2v) is 7.13. The van der Waals surface area contributed by atoms with E-state index in [1.165, 1.54) is 18.4 Å². The molecule has 25 heavy (non-hydrogen) atoms. The lowest BCUT2D eigenvalue weighted by atomic mass is 10.0. The topological polar surface area (TPSA) is 93.7 Å². The third-order valence-corrected chi connectivity index (χ3v) is 5.37. The highest BCUT2D eigenvalue weighted by molar-refractivity contribution is 5.82. The summed E-state index contributed by atoms with van der Waals surface area (Å²) in [5.74, 6) is 1.30. The van der Waals surface area contributed by atoms with Crippen LogP contribution in [0, 0.1) is 0 Å². The number of imidazole rings is 1. The number of rotatable bonds is 5. The van der Waals surface area contributed by atoms with E-state index < -0.39 is 0 Å². The highest BCUT2D eigenvalue weighted by atomic mass is 16.3. The molecule has 3 heterocycles. The third kappa shape index (κ3) is 2.39. The Bertz CT molecular complexity index is 926. The minimum atomic E-state index is 0.156. The number of anilines is 1. The van der Waals surface area contributed by atoms with E-state index >= 15 is 0 Å². The minimum Gasteiger partial charge on any atom is -0.396 e. The molecule has 2 aliphatic carbocycles. The zero-order valence-corrected chi connectivity index (χ0v) is 14.1. The molecular weight excluding hydrogens is 318 g/mol. The lowest BCUT2D eigenvalue weighted by Crippen LogP contribution is -2.09. The van der Waals surface area contributed by atoms with Crippen molar-refractivity contribution in [1.82, 2.24) is 29.3 Å². The van der Waals surface area contributed by atoms with Gasteiger partial charge in [0.15, 0.2) is 11.5 Å². The smallest absolute Gasteiger partial charge is 0.165 e. The summed E-state index contributed by atoms with van der Waals surface area (Å²) in [5, 5.41) is 17.5. The van der Waals surface area contributed by atoms with Crippen molar-refractivity contribution >= 4 is 17.0 Å². The second kappa shape index (κ2) is 5.52. The molecule has 1 saturated carbocycles. The van der Waals surface area contributed by atoms with E-state index in [0.717, 1.165) is 35.6 Å². The van der Waals surface area contributed by atoms with Gasteiger partial charge in [0.25, 0.3) is 0 Å². The van der Waals surface area contributed by atoms with E-state index in [-0.39, 0.29) is 12.5 Å². The first-order valence-electron chi connectivity index (χ1n) is 8.79. The quantitative estimate of drug-likeness (QED) is 0.730. The van der Waals surface area contributed by atoms with Crippen molar-refractivity contribution in [2.45, 2.75) is 43.7 Å². The molecule has 0 saturated heterocycles. The van der Waals surface area contributed by atoms with E-state index in [0.29, 0.717) is 12.0 Å². The fourth-order valence-corrected chi connectivity index (χ4v) is 3.97. The normalized spacial score (nSPS) is 22.5. The maximum absolute atomic E-state index is 9.71.